The SMILES string of the molecule is COC(=O)c1ccc(C)c(S(=O)(=O)NCC2(c3ccccc3)CCOCC2)c1. The van der Waals surface area contributed by atoms with E-state index in [4.69, 9.17) is 9.47 Å². The number of hydrogen-bond acceptors (Lipinski definition) is 5. The molecule has 2 aromatic carbocycles. The molecule has 1 aliphatic rings. The van der Waals surface area contributed by atoms with Crippen LogP contribution in [-0.2, 0) is 24.9 Å². The first-order chi connectivity index (χ1) is 13.4. The Morgan fingerprint density at radius 1 is 1.14 bits per heavy atom. The largest absolute Gasteiger partial charge is 0.465 e. The van der Waals surface area contributed by atoms with Crippen molar-refractivity contribution in [2.75, 3.05) is 26.9 Å². The molecule has 3 rings (SSSR count). The summed E-state index contributed by atoms with van der Waals surface area (Å²) in [6.07, 6.45) is 1.47. The lowest BCUT2D eigenvalue weighted by Crippen LogP contribution is -2.44. The standard InChI is InChI=1S/C21H25NO5S/c1-16-8-9-17(20(23)26-2)14-19(16)28(24,25)22-15-21(10-12-27-13-11-21)18-6-4-3-5-7-18/h3-9,14,22H,10-13,15H2,1-2H3. The molecule has 0 aromatic heterocycles. The Morgan fingerprint density at radius 3 is 2.46 bits per heavy atom. The van der Waals surface area contributed by atoms with Crippen molar-refractivity contribution in [1.82, 2.24) is 4.72 Å². The average molecular weight is 404 g/mol. The summed E-state index contributed by atoms with van der Waals surface area (Å²) < 4.78 is 39.1. The van der Waals surface area contributed by atoms with Crippen molar-refractivity contribution in [2.24, 2.45) is 0 Å². The number of carbonyl (C=O) groups excluding carboxylic acids is 1. The van der Waals surface area contributed by atoms with E-state index in [9.17, 15) is 13.2 Å². The van der Waals surface area contributed by atoms with Gasteiger partial charge in [0.15, 0.2) is 0 Å². The topological polar surface area (TPSA) is 81.7 Å². The van der Waals surface area contributed by atoms with Crippen molar-refractivity contribution in [2.45, 2.75) is 30.1 Å². The van der Waals surface area contributed by atoms with Crippen molar-refractivity contribution in [3.63, 3.8) is 0 Å². The summed E-state index contributed by atoms with van der Waals surface area (Å²) in [6, 6.07) is 14.5. The third-order valence-corrected chi connectivity index (χ3v) is 6.88. The normalized spacial score (nSPS) is 16.5. The van der Waals surface area contributed by atoms with E-state index in [1.54, 1.807) is 19.1 Å². The Bertz CT molecular complexity index is 935. The molecule has 28 heavy (non-hydrogen) atoms. The lowest BCUT2D eigenvalue weighted by atomic mass is 9.74. The molecule has 0 bridgehead atoms. The molecule has 0 aliphatic carbocycles. The van der Waals surface area contributed by atoms with Crippen molar-refractivity contribution >= 4 is 16.0 Å². The van der Waals surface area contributed by atoms with E-state index in [1.165, 1.54) is 13.2 Å². The van der Waals surface area contributed by atoms with Crippen molar-refractivity contribution in [3.05, 3.63) is 65.2 Å². The number of carbonyl (C=O) groups is 1. The molecule has 0 atom stereocenters. The highest BCUT2D eigenvalue weighted by molar-refractivity contribution is 7.89. The first-order valence-electron chi connectivity index (χ1n) is 9.20. The molecule has 150 valence electrons. The number of sulfonamides is 1. The molecular weight excluding hydrogens is 378 g/mol. The number of methoxy groups -OCH3 is 1. The Kier molecular flexibility index (Phi) is 6.17. The zero-order valence-electron chi connectivity index (χ0n) is 16.1. The van der Waals surface area contributed by atoms with Gasteiger partial charge >= 0.3 is 5.97 Å². The second kappa shape index (κ2) is 8.43. The van der Waals surface area contributed by atoms with E-state index in [2.05, 4.69) is 4.72 Å². The highest BCUT2D eigenvalue weighted by atomic mass is 32.2. The van der Waals surface area contributed by atoms with Crippen LogP contribution in [0.2, 0.25) is 0 Å². The fourth-order valence-electron chi connectivity index (χ4n) is 3.57. The second-order valence-electron chi connectivity index (χ2n) is 7.06. The molecule has 1 heterocycles. The molecule has 1 aliphatic heterocycles. The molecule has 1 fully saturated rings. The summed E-state index contributed by atoms with van der Waals surface area (Å²) in [6.45, 7) is 3.16. The number of nitrogens with one attached hydrogen (secondary N) is 1. The van der Waals surface area contributed by atoms with E-state index in [0.29, 0.717) is 18.8 Å². The number of hydrogen-bond donors (Lipinski definition) is 1. The smallest absolute Gasteiger partial charge is 0.337 e. The lowest BCUT2D eigenvalue weighted by Gasteiger charge is -2.38. The van der Waals surface area contributed by atoms with Crippen molar-refractivity contribution in [1.29, 1.82) is 0 Å². The zero-order valence-corrected chi connectivity index (χ0v) is 16.9. The van der Waals surface area contributed by atoms with Gasteiger partial charge in [-0.3, -0.25) is 0 Å². The van der Waals surface area contributed by atoms with Crippen LogP contribution in [0.15, 0.2) is 53.4 Å². The predicted octanol–water partition coefficient (Wildman–Crippen LogP) is 2.81. The zero-order chi connectivity index (χ0) is 20.2. The summed E-state index contributed by atoms with van der Waals surface area (Å²) in [4.78, 5) is 11.9. The monoisotopic (exact) mass is 403 g/mol. The van der Waals surface area contributed by atoms with E-state index in [0.717, 1.165) is 18.4 Å². The predicted molar refractivity (Wildman–Crippen MR) is 106 cm³/mol. The molecule has 6 nitrogen and oxygen atoms in total. The van der Waals surface area contributed by atoms with Crippen LogP contribution in [0.1, 0.15) is 34.3 Å². The number of aryl methyl sites for hydroxylation is 1. The van der Waals surface area contributed by atoms with Gasteiger partial charge in [-0.2, -0.15) is 0 Å². The van der Waals surface area contributed by atoms with Crippen LogP contribution in [0.4, 0.5) is 0 Å². The maximum absolute atomic E-state index is 13.0. The number of ether oxygens (including phenoxy) is 2. The Hall–Kier alpha value is -2.22. The minimum absolute atomic E-state index is 0.0886. The molecule has 0 amide bonds. The minimum atomic E-state index is -3.80. The van der Waals surface area contributed by atoms with Gasteiger partial charge in [-0.1, -0.05) is 36.4 Å². The van der Waals surface area contributed by atoms with Gasteiger partial charge in [-0.05, 0) is 43.0 Å². The van der Waals surface area contributed by atoms with Crippen LogP contribution < -0.4 is 4.72 Å². The first kappa shape index (κ1) is 20.5. The highest BCUT2D eigenvalue weighted by Gasteiger charge is 2.36. The third kappa shape index (κ3) is 4.27. The quantitative estimate of drug-likeness (QED) is 0.750. The maximum Gasteiger partial charge on any atom is 0.337 e. The molecule has 7 heteroatoms. The summed E-state index contributed by atoms with van der Waals surface area (Å²) >= 11 is 0. The Labute approximate surface area is 165 Å². The first-order valence-corrected chi connectivity index (χ1v) is 10.7. The van der Waals surface area contributed by atoms with Gasteiger partial charge in [0.25, 0.3) is 0 Å². The number of esters is 1. The second-order valence-corrected chi connectivity index (χ2v) is 8.79. The molecule has 1 saturated heterocycles. The third-order valence-electron chi connectivity index (χ3n) is 5.34. The van der Waals surface area contributed by atoms with E-state index >= 15 is 0 Å². The van der Waals surface area contributed by atoms with Crippen molar-refractivity contribution in [3.8, 4) is 0 Å². The van der Waals surface area contributed by atoms with E-state index in [-0.39, 0.29) is 22.4 Å². The molecule has 0 radical (unpaired) electrons. The average Bonchev–Trinajstić information content (AvgIpc) is 2.73. The molecule has 0 unspecified atom stereocenters. The van der Waals surface area contributed by atoms with E-state index in [1.807, 2.05) is 30.3 Å². The summed E-state index contributed by atoms with van der Waals surface area (Å²) in [5.41, 5.74) is 1.56. The van der Waals surface area contributed by atoms with Gasteiger partial charge in [0.1, 0.15) is 0 Å². The fraction of sp³-hybridized carbons (Fsp3) is 0.381. The molecule has 1 N–H and O–H groups in total. The summed E-state index contributed by atoms with van der Waals surface area (Å²) in [5.74, 6) is -0.568. The van der Waals surface area contributed by atoms with Gasteiger partial charge in [-0.25, -0.2) is 17.9 Å². The van der Waals surface area contributed by atoms with E-state index < -0.39 is 16.0 Å². The molecule has 2 aromatic rings. The van der Waals surface area contributed by atoms with Gasteiger partial charge < -0.3 is 9.47 Å². The number of benzene rings is 2. The van der Waals surface area contributed by atoms with Gasteiger partial charge in [0, 0.05) is 25.2 Å². The summed E-state index contributed by atoms with van der Waals surface area (Å²) in [7, 11) is -2.53. The van der Waals surface area contributed by atoms with Crippen LogP contribution in [0.25, 0.3) is 0 Å². The van der Waals surface area contributed by atoms with Gasteiger partial charge in [0.2, 0.25) is 10.0 Å². The molecule has 0 saturated carbocycles. The highest BCUT2D eigenvalue weighted by Crippen LogP contribution is 2.34. The van der Waals surface area contributed by atoms with Crippen molar-refractivity contribution < 1.29 is 22.7 Å². The lowest BCUT2D eigenvalue weighted by molar-refractivity contribution is 0.0517. The minimum Gasteiger partial charge on any atom is -0.465 e. The summed E-state index contributed by atoms with van der Waals surface area (Å²) in [5, 5.41) is 0. The number of rotatable bonds is 6. The van der Waals surface area contributed by atoms with Crippen LogP contribution in [0.5, 0.6) is 0 Å². The van der Waals surface area contributed by atoms with Crippen LogP contribution in [-0.4, -0.2) is 41.3 Å². The van der Waals surface area contributed by atoms with Crippen LogP contribution >= 0.6 is 0 Å². The Morgan fingerprint density at radius 2 is 1.82 bits per heavy atom. The van der Waals surface area contributed by atoms with Gasteiger partial charge in [0.05, 0.1) is 17.6 Å². The molecule has 0 spiro atoms. The van der Waals surface area contributed by atoms with Crippen LogP contribution in [0.3, 0.4) is 0 Å². The van der Waals surface area contributed by atoms with Gasteiger partial charge in [-0.15, -0.1) is 0 Å². The van der Waals surface area contributed by atoms with Crippen LogP contribution in [0, 0.1) is 6.92 Å². The molecular formula is C21H25NO5S. The maximum atomic E-state index is 13.0. The fourth-order valence-corrected chi connectivity index (χ4v) is 4.96. The Balaban J connectivity index is 1.88.